The van der Waals surface area contributed by atoms with E-state index in [2.05, 4.69) is 42.5 Å². The lowest BCUT2D eigenvalue weighted by molar-refractivity contribution is -0.132. The highest BCUT2D eigenvalue weighted by atomic mass is 16.4. The summed E-state index contributed by atoms with van der Waals surface area (Å²) in [6.07, 6.45) is 15.2. The quantitative estimate of drug-likeness (QED) is 0.276. The predicted octanol–water partition coefficient (Wildman–Crippen LogP) is 3.38. The van der Waals surface area contributed by atoms with Crippen LogP contribution in [0.4, 0.5) is 0 Å². The van der Waals surface area contributed by atoms with Gasteiger partial charge in [0.15, 0.2) is 0 Å². The van der Waals surface area contributed by atoms with Gasteiger partial charge in [0.2, 0.25) is 0 Å². The first-order valence-electron chi connectivity index (χ1n) is 13.5. The second kappa shape index (κ2) is 15.8. The Labute approximate surface area is 223 Å². The number of hydrogen-bond donors (Lipinski definition) is 6. The van der Waals surface area contributed by atoms with Gasteiger partial charge in [0.25, 0.3) is 0 Å². The largest absolute Gasteiger partial charge is 0.478 e. The Bertz CT molecular complexity index is 906. The monoisotopic (exact) mass is 512 g/mol. The third kappa shape index (κ3) is 11.3. The Kier molecular flexibility index (Phi) is 13.1. The second-order valence-corrected chi connectivity index (χ2v) is 10.8. The number of aliphatic carboxylic acids is 1. The molecule has 0 aromatic rings. The van der Waals surface area contributed by atoms with Gasteiger partial charge in [-0.1, -0.05) is 49.5 Å². The summed E-state index contributed by atoms with van der Waals surface area (Å²) in [6.45, 7) is 12.9. The summed E-state index contributed by atoms with van der Waals surface area (Å²) < 4.78 is 0. The first-order chi connectivity index (χ1) is 17.7. The molecule has 1 aliphatic carbocycles. The molecule has 0 saturated carbocycles. The van der Waals surface area contributed by atoms with Crippen molar-refractivity contribution < 1.29 is 9.90 Å². The number of nitrogens with one attached hydrogen (secondary N) is 4. The maximum absolute atomic E-state index is 11.2. The number of nitrogens with zero attached hydrogens (tertiary/aromatic N) is 1. The molecule has 7 N–H and O–H groups in total. The molecular formula is C29H48N6O2. The Morgan fingerprint density at radius 3 is 2.65 bits per heavy atom. The molecule has 2 rings (SSSR count). The second-order valence-electron chi connectivity index (χ2n) is 10.8. The highest BCUT2D eigenvalue weighted by molar-refractivity contribution is 5.87. The average molecular weight is 513 g/mol. The maximum atomic E-state index is 11.2. The minimum Gasteiger partial charge on any atom is -0.478 e. The molecule has 0 aromatic heterocycles. The lowest BCUT2D eigenvalue weighted by atomic mass is 9.77. The van der Waals surface area contributed by atoms with Gasteiger partial charge in [-0.25, -0.2) is 4.79 Å². The van der Waals surface area contributed by atoms with Crippen LogP contribution in [0.1, 0.15) is 58.8 Å². The van der Waals surface area contributed by atoms with Crippen molar-refractivity contribution in [1.29, 1.82) is 5.41 Å². The smallest absolute Gasteiger partial charge is 0.331 e. The molecule has 206 valence electrons. The van der Waals surface area contributed by atoms with Gasteiger partial charge in [0.05, 0.1) is 12.1 Å². The van der Waals surface area contributed by atoms with Gasteiger partial charge in [-0.2, -0.15) is 0 Å². The van der Waals surface area contributed by atoms with Crippen LogP contribution in [0.3, 0.4) is 0 Å². The van der Waals surface area contributed by atoms with E-state index in [0.29, 0.717) is 51.1 Å². The lowest BCUT2D eigenvalue weighted by Crippen LogP contribution is -2.63. The summed E-state index contributed by atoms with van der Waals surface area (Å²) in [7, 11) is 0. The number of carboxylic acid groups (broad SMARTS) is 1. The van der Waals surface area contributed by atoms with Crippen LogP contribution in [-0.2, 0) is 4.79 Å². The van der Waals surface area contributed by atoms with Crippen LogP contribution in [0.25, 0.3) is 0 Å². The molecular weight excluding hydrogens is 464 g/mol. The molecule has 2 aliphatic rings. The molecule has 0 radical (unpaired) electrons. The summed E-state index contributed by atoms with van der Waals surface area (Å²) in [5.41, 5.74) is 9.57. The van der Waals surface area contributed by atoms with Gasteiger partial charge in [0.1, 0.15) is 0 Å². The first-order valence-corrected chi connectivity index (χ1v) is 13.5. The molecule has 0 spiro atoms. The van der Waals surface area contributed by atoms with Crippen LogP contribution in [-0.4, -0.2) is 73.9 Å². The molecule has 2 atom stereocenters. The standard InChI is InChI=1S/C29H48N6O2/c1-4-5-6-13-28(3)14-11-26(31)12-15-32-21-29(20-30,22-33-16-17-34-23(2)18-28)35-19-24-7-9-25(10-8-24)27(36)37/h4-7,9,31-33,35H,1,8,10-22,30H2,2-3H3,(H,36,37). The lowest BCUT2D eigenvalue weighted by Gasteiger charge is -2.35. The van der Waals surface area contributed by atoms with E-state index in [0.717, 1.165) is 56.6 Å². The van der Waals surface area contributed by atoms with Crippen molar-refractivity contribution in [2.75, 3.05) is 45.8 Å². The van der Waals surface area contributed by atoms with Gasteiger partial charge in [-0.15, -0.1) is 0 Å². The SMILES string of the molecule is C=CC=CCC1(C)CCC(=N)CCNCC(CN)(NCC2=CC=C(C(=O)O)CC2)CNCCN=C(C)C1. The van der Waals surface area contributed by atoms with E-state index in [1.165, 1.54) is 5.57 Å². The van der Waals surface area contributed by atoms with E-state index in [4.69, 9.17) is 16.1 Å². The fourth-order valence-electron chi connectivity index (χ4n) is 4.89. The molecule has 0 saturated heterocycles. The normalized spacial score (nSPS) is 27.3. The van der Waals surface area contributed by atoms with Crippen molar-refractivity contribution in [1.82, 2.24) is 16.0 Å². The molecule has 8 nitrogen and oxygen atoms in total. The van der Waals surface area contributed by atoms with Crippen molar-refractivity contribution in [3.05, 3.63) is 48.1 Å². The third-order valence-electron chi connectivity index (χ3n) is 7.39. The number of rotatable bonds is 8. The molecule has 37 heavy (non-hydrogen) atoms. The Morgan fingerprint density at radius 2 is 2.00 bits per heavy atom. The zero-order chi connectivity index (χ0) is 27.2. The van der Waals surface area contributed by atoms with E-state index in [-0.39, 0.29) is 11.0 Å². The minimum atomic E-state index is -0.842. The van der Waals surface area contributed by atoms with Crippen LogP contribution in [0.15, 0.2) is 53.1 Å². The predicted molar refractivity (Wildman–Crippen MR) is 155 cm³/mol. The van der Waals surface area contributed by atoms with Gasteiger partial charge < -0.3 is 32.2 Å². The van der Waals surface area contributed by atoms with Crippen LogP contribution in [0.2, 0.25) is 0 Å². The average Bonchev–Trinajstić information content (AvgIpc) is 2.88. The first kappa shape index (κ1) is 30.8. The van der Waals surface area contributed by atoms with E-state index < -0.39 is 5.97 Å². The molecule has 1 aliphatic heterocycles. The number of hydrogen-bond acceptors (Lipinski definition) is 7. The Balaban J connectivity index is 2.06. The molecule has 0 fully saturated rings. The highest BCUT2D eigenvalue weighted by Crippen LogP contribution is 2.33. The topological polar surface area (TPSA) is 136 Å². The zero-order valence-electron chi connectivity index (χ0n) is 22.9. The fraction of sp³-hybridized carbons (Fsp3) is 0.621. The Morgan fingerprint density at radius 1 is 1.24 bits per heavy atom. The number of aliphatic imine (C=N–C) groups is 1. The van der Waals surface area contributed by atoms with Crippen molar-refractivity contribution in [2.45, 2.75) is 64.3 Å². The van der Waals surface area contributed by atoms with Crippen LogP contribution < -0.4 is 21.7 Å². The number of carboxylic acids is 1. The van der Waals surface area contributed by atoms with Crippen molar-refractivity contribution in [3.63, 3.8) is 0 Å². The molecule has 1 heterocycles. The Hall–Kier alpha value is -2.39. The van der Waals surface area contributed by atoms with Crippen LogP contribution in [0.5, 0.6) is 0 Å². The minimum absolute atomic E-state index is 0.0736. The van der Waals surface area contributed by atoms with Gasteiger partial charge in [0, 0.05) is 56.3 Å². The van der Waals surface area contributed by atoms with Crippen molar-refractivity contribution >= 4 is 17.4 Å². The molecule has 0 aromatic carbocycles. The summed E-state index contributed by atoms with van der Waals surface area (Å²) in [4.78, 5) is 16.0. The summed E-state index contributed by atoms with van der Waals surface area (Å²) in [5.74, 6) is -0.842. The van der Waals surface area contributed by atoms with Crippen LogP contribution in [0, 0.1) is 10.8 Å². The fourth-order valence-corrected chi connectivity index (χ4v) is 4.89. The summed E-state index contributed by atoms with van der Waals surface area (Å²) >= 11 is 0. The number of carbonyl (C=O) groups is 1. The summed E-state index contributed by atoms with van der Waals surface area (Å²) in [6, 6.07) is 0. The van der Waals surface area contributed by atoms with Gasteiger partial charge in [-0.05, 0) is 57.3 Å². The van der Waals surface area contributed by atoms with E-state index in [9.17, 15) is 9.90 Å². The van der Waals surface area contributed by atoms with E-state index in [1.807, 2.05) is 18.2 Å². The van der Waals surface area contributed by atoms with Gasteiger partial charge in [-0.3, -0.25) is 4.99 Å². The number of allylic oxidation sites excluding steroid dienone is 5. The highest BCUT2D eigenvalue weighted by Gasteiger charge is 2.28. The van der Waals surface area contributed by atoms with E-state index in [1.54, 1.807) is 6.08 Å². The third-order valence-corrected chi connectivity index (χ3v) is 7.39. The van der Waals surface area contributed by atoms with E-state index >= 15 is 0 Å². The van der Waals surface area contributed by atoms with Crippen molar-refractivity contribution in [3.8, 4) is 0 Å². The van der Waals surface area contributed by atoms with Gasteiger partial charge >= 0.3 is 5.97 Å². The molecule has 2 unspecified atom stereocenters. The summed E-state index contributed by atoms with van der Waals surface area (Å²) in [5, 5.41) is 28.5. The molecule has 8 heteroatoms. The maximum Gasteiger partial charge on any atom is 0.331 e. The molecule has 0 amide bonds. The zero-order valence-corrected chi connectivity index (χ0v) is 22.9. The van der Waals surface area contributed by atoms with Crippen molar-refractivity contribution in [2.24, 2.45) is 16.1 Å². The molecule has 0 bridgehead atoms. The number of nitrogens with two attached hydrogens (primary N) is 1. The van der Waals surface area contributed by atoms with Crippen LogP contribution >= 0.6 is 0 Å².